The molecule has 1 aromatic carbocycles. The van der Waals surface area contributed by atoms with E-state index in [2.05, 4.69) is 12.6 Å². The molecule has 0 amide bonds. The molecule has 6 heteroatoms. The zero-order chi connectivity index (χ0) is 12.1. The maximum Gasteiger partial charge on any atom is 0.171 e. The van der Waals surface area contributed by atoms with Crippen molar-refractivity contribution in [1.29, 1.82) is 0 Å². The van der Waals surface area contributed by atoms with Crippen LogP contribution in [0.25, 0.3) is 0 Å². The van der Waals surface area contributed by atoms with Crippen LogP contribution in [-0.4, -0.2) is 27.3 Å². The van der Waals surface area contributed by atoms with Gasteiger partial charge in [-0.1, -0.05) is 6.07 Å². The molecule has 1 unspecified atom stereocenters. The van der Waals surface area contributed by atoms with Crippen molar-refractivity contribution in [1.82, 2.24) is 0 Å². The SMILES string of the molecule is COc1ccc(CC(N)CS)cc1[SH](=O)=O. The fraction of sp³-hybridized carbons (Fsp3) is 0.400. The van der Waals surface area contributed by atoms with Gasteiger partial charge in [-0.3, -0.25) is 0 Å². The van der Waals surface area contributed by atoms with Crippen LogP contribution in [0, 0.1) is 0 Å². The van der Waals surface area contributed by atoms with E-state index in [-0.39, 0.29) is 10.9 Å². The van der Waals surface area contributed by atoms with Gasteiger partial charge < -0.3 is 10.5 Å². The Morgan fingerprint density at radius 2 is 2.19 bits per heavy atom. The number of methoxy groups -OCH3 is 1. The molecule has 0 aliphatic rings. The summed E-state index contributed by atoms with van der Waals surface area (Å²) < 4.78 is 27.0. The van der Waals surface area contributed by atoms with Gasteiger partial charge in [0.1, 0.15) is 10.6 Å². The largest absolute Gasteiger partial charge is 0.495 e. The third-order valence-electron chi connectivity index (χ3n) is 2.17. The zero-order valence-electron chi connectivity index (χ0n) is 8.92. The maximum absolute atomic E-state index is 11.0. The highest BCUT2D eigenvalue weighted by Gasteiger charge is 2.08. The van der Waals surface area contributed by atoms with Crippen molar-refractivity contribution in [3.8, 4) is 5.75 Å². The maximum atomic E-state index is 11.0. The summed E-state index contributed by atoms with van der Waals surface area (Å²) in [5.74, 6) is 0.921. The third-order valence-corrected chi connectivity index (χ3v) is 3.38. The van der Waals surface area contributed by atoms with Crippen molar-refractivity contribution in [2.75, 3.05) is 12.9 Å². The van der Waals surface area contributed by atoms with Crippen LogP contribution in [-0.2, 0) is 17.1 Å². The molecule has 4 nitrogen and oxygen atoms in total. The molecule has 0 fully saturated rings. The normalized spacial score (nSPS) is 12.8. The van der Waals surface area contributed by atoms with E-state index in [9.17, 15) is 8.42 Å². The average molecular weight is 261 g/mol. The Morgan fingerprint density at radius 3 is 2.69 bits per heavy atom. The Kier molecular flexibility index (Phi) is 5.11. The Hall–Kier alpha value is -0.720. The molecular weight excluding hydrogens is 246 g/mol. The van der Waals surface area contributed by atoms with E-state index in [1.165, 1.54) is 7.11 Å². The fourth-order valence-corrected chi connectivity index (χ4v) is 2.12. The number of thiol groups is 2. The van der Waals surface area contributed by atoms with Crippen molar-refractivity contribution in [3.63, 3.8) is 0 Å². The van der Waals surface area contributed by atoms with Gasteiger partial charge in [0.2, 0.25) is 0 Å². The predicted molar refractivity (Wildman–Crippen MR) is 67.1 cm³/mol. The molecule has 0 aliphatic heterocycles. The van der Waals surface area contributed by atoms with Gasteiger partial charge in [-0.25, -0.2) is 8.42 Å². The minimum atomic E-state index is -2.65. The van der Waals surface area contributed by atoms with Gasteiger partial charge in [-0.05, 0) is 24.1 Å². The van der Waals surface area contributed by atoms with E-state index < -0.39 is 10.7 Å². The number of hydrogen-bond acceptors (Lipinski definition) is 5. The Morgan fingerprint density at radius 1 is 1.50 bits per heavy atom. The molecule has 0 saturated heterocycles. The minimum Gasteiger partial charge on any atom is -0.495 e. The second-order valence-electron chi connectivity index (χ2n) is 3.41. The monoisotopic (exact) mass is 261 g/mol. The summed E-state index contributed by atoms with van der Waals surface area (Å²) >= 11 is 4.08. The fourth-order valence-electron chi connectivity index (χ4n) is 1.37. The second-order valence-corrected chi connectivity index (χ2v) is 4.77. The first kappa shape index (κ1) is 13.3. The van der Waals surface area contributed by atoms with E-state index in [1.54, 1.807) is 12.1 Å². The first-order valence-corrected chi connectivity index (χ1v) is 6.57. The van der Waals surface area contributed by atoms with Crippen LogP contribution >= 0.6 is 12.6 Å². The highest BCUT2D eigenvalue weighted by atomic mass is 32.2. The molecule has 0 bridgehead atoms. The summed E-state index contributed by atoms with van der Waals surface area (Å²) in [7, 11) is -1.21. The lowest BCUT2D eigenvalue weighted by atomic mass is 10.1. The van der Waals surface area contributed by atoms with Crippen LogP contribution in [0.5, 0.6) is 5.75 Å². The molecular formula is C10H15NO3S2. The summed E-state index contributed by atoms with van der Waals surface area (Å²) in [6.45, 7) is 0. The van der Waals surface area contributed by atoms with Gasteiger partial charge in [0.05, 0.1) is 7.11 Å². The summed E-state index contributed by atoms with van der Waals surface area (Å²) in [6.07, 6.45) is 0.601. The number of rotatable bonds is 5. The van der Waals surface area contributed by atoms with Crippen molar-refractivity contribution < 1.29 is 13.2 Å². The van der Waals surface area contributed by atoms with Crippen LogP contribution in [0.4, 0.5) is 0 Å². The van der Waals surface area contributed by atoms with Gasteiger partial charge in [0, 0.05) is 11.8 Å². The van der Waals surface area contributed by atoms with Crippen LogP contribution in [0.15, 0.2) is 23.1 Å². The number of hydrogen-bond donors (Lipinski definition) is 3. The molecule has 1 atom stereocenters. The quantitative estimate of drug-likeness (QED) is 0.674. The Bertz CT molecular complexity index is 424. The first-order valence-electron chi connectivity index (χ1n) is 4.76. The molecule has 0 aliphatic carbocycles. The van der Waals surface area contributed by atoms with E-state index in [4.69, 9.17) is 10.5 Å². The van der Waals surface area contributed by atoms with Gasteiger partial charge >= 0.3 is 0 Å². The van der Waals surface area contributed by atoms with Gasteiger partial charge in [0.15, 0.2) is 10.7 Å². The zero-order valence-corrected chi connectivity index (χ0v) is 10.7. The molecule has 1 rings (SSSR count). The van der Waals surface area contributed by atoms with E-state index in [1.807, 2.05) is 6.07 Å². The Balaban J connectivity index is 3.02. The number of benzene rings is 1. The van der Waals surface area contributed by atoms with Crippen molar-refractivity contribution in [2.45, 2.75) is 17.4 Å². The summed E-state index contributed by atoms with van der Waals surface area (Å²) in [5, 5.41) is 0. The molecule has 0 aromatic heterocycles. The van der Waals surface area contributed by atoms with E-state index in [0.717, 1.165) is 5.56 Å². The molecule has 90 valence electrons. The van der Waals surface area contributed by atoms with Gasteiger partial charge in [-0.15, -0.1) is 0 Å². The molecule has 2 N–H and O–H groups in total. The molecule has 16 heavy (non-hydrogen) atoms. The topological polar surface area (TPSA) is 69.4 Å². The van der Waals surface area contributed by atoms with Crippen LogP contribution in [0.3, 0.4) is 0 Å². The first-order chi connectivity index (χ1) is 7.58. The van der Waals surface area contributed by atoms with Gasteiger partial charge in [-0.2, -0.15) is 12.6 Å². The van der Waals surface area contributed by atoms with Crippen molar-refractivity contribution in [2.24, 2.45) is 5.73 Å². The third kappa shape index (κ3) is 3.40. The summed E-state index contributed by atoms with van der Waals surface area (Å²) in [6, 6.07) is 4.97. The minimum absolute atomic E-state index is 0.0749. The lowest BCUT2D eigenvalue weighted by Crippen LogP contribution is -2.24. The summed E-state index contributed by atoms with van der Waals surface area (Å²) in [4.78, 5) is 0.196. The highest BCUT2D eigenvalue weighted by molar-refractivity contribution is 7.80. The summed E-state index contributed by atoms with van der Waals surface area (Å²) in [5.41, 5.74) is 6.61. The van der Waals surface area contributed by atoms with Gasteiger partial charge in [0.25, 0.3) is 0 Å². The standard InChI is InChI=1S/C10H15NO3S2/c1-14-9-3-2-7(4-8(11)6-15)5-10(9)16(12)13/h2-3,5,8,15-16H,4,6,11H2,1H3. The number of nitrogens with two attached hydrogens (primary N) is 1. The van der Waals surface area contributed by atoms with E-state index >= 15 is 0 Å². The lowest BCUT2D eigenvalue weighted by Gasteiger charge is -2.10. The van der Waals surface area contributed by atoms with Crippen LogP contribution in [0.2, 0.25) is 0 Å². The molecule has 0 heterocycles. The van der Waals surface area contributed by atoms with Crippen molar-refractivity contribution >= 4 is 23.3 Å². The predicted octanol–water partition coefficient (Wildman–Crippen LogP) is 0.465. The molecule has 0 saturated carbocycles. The number of ether oxygens (including phenoxy) is 1. The molecule has 0 radical (unpaired) electrons. The average Bonchev–Trinajstić information content (AvgIpc) is 2.28. The smallest absolute Gasteiger partial charge is 0.171 e. The molecule has 1 aromatic rings. The van der Waals surface area contributed by atoms with E-state index in [0.29, 0.717) is 17.9 Å². The van der Waals surface area contributed by atoms with Crippen LogP contribution in [0.1, 0.15) is 5.56 Å². The van der Waals surface area contributed by atoms with Crippen LogP contribution < -0.4 is 10.5 Å². The lowest BCUT2D eigenvalue weighted by molar-refractivity contribution is 0.403. The highest BCUT2D eigenvalue weighted by Crippen LogP contribution is 2.21. The second kappa shape index (κ2) is 6.12. The van der Waals surface area contributed by atoms with Crippen molar-refractivity contribution in [3.05, 3.63) is 23.8 Å². The Labute approximate surface area is 102 Å². The molecule has 0 spiro atoms.